The summed E-state index contributed by atoms with van der Waals surface area (Å²) in [5.41, 5.74) is 0. The van der Waals surface area contributed by atoms with Crippen LogP contribution in [0.2, 0.25) is 0 Å². The molecule has 1 saturated heterocycles. The highest BCUT2D eigenvalue weighted by molar-refractivity contribution is 5.96. The minimum Gasteiger partial charge on any atom is -0.393 e. The van der Waals surface area contributed by atoms with Crippen molar-refractivity contribution in [3.05, 3.63) is 0 Å². The Morgan fingerprint density at radius 1 is 1.38 bits per heavy atom. The molecule has 74 valence electrons. The van der Waals surface area contributed by atoms with Crippen molar-refractivity contribution < 1.29 is 14.7 Å². The fourth-order valence-corrected chi connectivity index (χ4v) is 1.44. The molecule has 0 spiro atoms. The number of nitrogens with zero attached hydrogens (tertiary/aromatic N) is 1. The summed E-state index contributed by atoms with van der Waals surface area (Å²) < 4.78 is 0. The van der Waals surface area contributed by atoms with Crippen LogP contribution in [0.5, 0.6) is 0 Å². The van der Waals surface area contributed by atoms with Crippen molar-refractivity contribution >= 4 is 11.7 Å². The highest BCUT2D eigenvalue weighted by Crippen LogP contribution is 2.10. The fourth-order valence-electron chi connectivity index (χ4n) is 1.44. The van der Waals surface area contributed by atoms with Crippen molar-refractivity contribution in [3.8, 4) is 0 Å². The molecular weight excluding hydrogens is 170 g/mol. The van der Waals surface area contributed by atoms with Crippen LogP contribution < -0.4 is 0 Å². The predicted molar refractivity (Wildman–Crippen MR) is 47.1 cm³/mol. The van der Waals surface area contributed by atoms with Crippen molar-refractivity contribution in [3.63, 3.8) is 0 Å². The van der Waals surface area contributed by atoms with Crippen molar-refractivity contribution in [2.45, 2.75) is 32.3 Å². The number of hydrogen-bond donors (Lipinski definition) is 1. The number of carbonyl (C=O) groups excluding carboxylic acids is 2. The van der Waals surface area contributed by atoms with Crippen molar-refractivity contribution in [1.82, 2.24) is 4.90 Å². The van der Waals surface area contributed by atoms with E-state index in [1.54, 1.807) is 4.90 Å². The zero-order valence-electron chi connectivity index (χ0n) is 7.82. The van der Waals surface area contributed by atoms with Gasteiger partial charge in [-0.05, 0) is 19.8 Å². The summed E-state index contributed by atoms with van der Waals surface area (Å²) in [5.74, 6) is -0.212. The van der Waals surface area contributed by atoms with Gasteiger partial charge in [0, 0.05) is 13.1 Å². The lowest BCUT2D eigenvalue weighted by atomic mass is 10.1. The molecule has 4 nitrogen and oxygen atoms in total. The van der Waals surface area contributed by atoms with Gasteiger partial charge in [0.25, 0.3) is 0 Å². The third kappa shape index (κ3) is 3.14. The molecule has 0 atom stereocenters. The van der Waals surface area contributed by atoms with E-state index in [-0.39, 0.29) is 24.2 Å². The average Bonchev–Trinajstić information content (AvgIpc) is 2.04. The van der Waals surface area contributed by atoms with Gasteiger partial charge in [-0.15, -0.1) is 0 Å². The number of likely N-dealkylation sites (tertiary alicyclic amines) is 1. The normalized spacial score (nSPS) is 18.8. The second kappa shape index (κ2) is 4.37. The highest BCUT2D eigenvalue weighted by Gasteiger charge is 2.21. The molecule has 1 rings (SSSR count). The largest absolute Gasteiger partial charge is 0.393 e. The second-order valence-corrected chi connectivity index (χ2v) is 3.49. The zero-order chi connectivity index (χ0) is 9.84. The molecule has 1 amide bonds. The van der Waals surface area contributed by atoms with E-state index < -0.39 is 0 Å². The number of rotatable bonds is 2. The van der Waals surface area contributed by atoms with Crippen LogP contribution >= 0.6 is 0 Å². The number of aliphatic hydroxyl groups is 1. The number of carbonyl (C=O) groups is 2. The summed E-state index contributed by atoms with van der Waals surface area (Å²) in [4.78, 5) is 23.6. The van der Waals surface area contributed by atoms with Gasteiger partial charge in [0.2, 0.25) is 5.91 Å². The molecule has 0 radical (unpaired) electrons. The van der Waals surface area contributed by atoms with Crippen molar-refractivity contribution in [2.24, 2.45) is 0 Å². The van der Waals surface area contributed by atoms with Crippen molar-refractivity contribution in [1.29, 1.82) is 0 Å². The lowest BCUT2D eigenvalue weighted by Gasteiger charge is -2.29. The van der Waals surface area contributed by atoms with E-state index >= 15 is 0 Å². The number of piperidine rings is 1. The van der Waals surface area contributed by atoms with Gasteiger partial charge in [0.1, 0.15) is 5.78 Å². The third-order valence-corrected chi connectivity index (χ3v) is 2.22. The van der Waals surface area contributed by atoms with Crippen LogP contribution in [-0.4, -0.2) is 40.9 Å². The first kappa shape index (κ1) is 10.2. The smallest absolute Gasteiger partial charge is 0.230 e. The Balaban J connectivity index is 2.36. The number of amides is 1. The average molecular weight is 185 g/mol. The molecule has 0 aromatic carbocycles. The van der Waals surface area contributed by atoms with E-state index in [9.17, 15) is 14.7 Å². The molecule has 1 heterocycles. The van der Waals surface area contributed by atoms with Crippen LogP contribution in [0.25, 0.3) is 0 Å². The molecule has 0 bridgehead atoms. The van der Waals surface area contributed by atoms with Crippen molar-refractivity contribution in [2.75, 3.05) is 13.1 Å². The van der Waals surface area contributed by atoms with Gasteiger partial charge in [-0.3, -0.25) is 9.59 Å². The summed E-state index contributed by atoms with van der Waals surface area (Å²) in [7, 11) is 0. The van der Waals surface area contributed by atoms with Crippen LogP contribution in [0.4, 0.5) is 0 Å². The third-order valence-electron chi connectivity index (χ3n) is 2.22. The highest BCUT2D eigenvalue weighted by atomic mass is 16.3. The van der Waals surface area contributed by atoms with Gasteiger partial charge in [-0.2, -0.15) is 0 Å². The van der Waals surface area contributed by atoms with Crippen LogP contribution in [0.1, 0.15) is 26.2 Å². The lowest BCUT2D eigenvalue weighted by Crippen LogP contribution is -2.40. The van der Waals surface area contributed by atoms with Gasteiger partial charge in [0.15, 0.2) is 0 Å². The Morgan fingerprint density at radius 2 is 1.92 bits per heavy atom. The Kier molecular flexibility index (Phi) is 3.42. The molecule has 1 aliphatic heterocycles. The molecule has 4 heteroatoms. The van der Waals surface area contributed by atoms with Crippen LogP contribution in [0.3, 0.4) is 0 Å². The maximum atomic E-state index is 11.3. The van der Waals surface area contributed by atoms with E-state index in [0.717, 1.165) is 0 Å². The standard InChI is InChI=1S/C9H15NO3/c1-7(11)6-9(13)10-4-2-8(12)3-5-10/h8,12H,2-6H2,1H3. The Hall–Kier alpha value is -0.900. The molecule has 0 unspecified atom stereocenters. The molecule has 1 fully saturated rings. The minimum absolute atomic E-state index is 0.00387. The second-order valence-electron chi connectivity index (χ2n) is 3.49. The first-order chi connectivity index (χ1) is 6.09. The minimum atomic E-state index is -0.277. The maximum Gasteiger partial charge on any atom is 0.230 e. The zero-order valence-corrected chi connectivity index (χ0v) is 7.82. The molecule has 13 heavy (non-hydrogen) atoms. The molecule has 1 N–H and O–H groups in total. The van der Waals surface area contributed by atoms with Gasteiger partial charge >= 0.3 is 0 Å². The number of hydrogen-bond acceptors (Lipinski definition) is 3. The van der Waals surface area contributed by atoms with Crippen LogP contribution in [0, 0.1) is 0 Å². The van der Waals surface area contributed by atoms with E-state index in [0.29, 0.717) is 25.9 Å². The quantitative estimate of drug-likeness (QED) is 0.613. The Bertz CT molecular complexity index is 207. The van der Waals surface area contributed by atoms with E-state index in [2.05, 4.69) is 0 Å². The molecule has 1 aliphatic rings. The number of aliphatic hydroxyl groups excluding tert-OH is 1. The summed E-state index contributed by atoms with van der Waals surface area (Å²) in [6.07, 6.45) is 0.977. The number of Topliss-reactive ketones (excluding diaryl/α,β-unsaturated/α-hetero) is 1. The van der Waals surface area contributed by atoms with E-state index in [1.165, 1.54) is 6.92 Å². The Labute approximate surface area is 77.5 Å². The monoisotopic (exact) mass is 185 g/mol. The predicted octanol–water partition coefficient (Wildman–Crippen LogP) is -0.0512. The summed E-state index contributed by atoms with van der Waals surface area (Å²) >= 11 is 0. The topological polar surface area (TPSA) is 57.6 Å². The molecular formula is C9H15NO3. The SMILES string of the molecule is CC(=O)CC(=O)N1CCC(O)CC1. The maximum absolute atomic E-state index is 11.3. The van der Waals surface area contributed by atoms with E-state index in [1.807, 2.05) is 0 Å². The van der Waals surface area contributed by atoms with E-state index in [4.69, 9.17) is 0 Å². The molecule has 0 aromatic rings. The summed E-state index contributed by atoms with van der Waals surface area (Å²) in [6.45, 7) is 2.57. The summed E-state index contributed by atoms with van der Waals surface area (Å²) in [5, 5.41) is 9.19. The van der Waals surface area contributed by atoms with Crippen LogP contribution in [-0.2, 0) is 9.59 Å². The summed E-state index contributed by atoms with van der Waals surface area (Å²) in [6, 6.07) is 0. The van der Waals surface area contributed by atoms with Gasteiger partial charge < -0.3 is 10.0 Å². The van der Waals surface area contributed by atoms with Crippen LogP contribution in [0.15, 0.2) is 0 Å². The first-order valence-corrected chi connectivity index (χ1v) is 4.55. The first-order valence-electron chi connectivity index (χ1n) is 4.55. The molecule has 0 saturated carbocycles. The number of ketones is 1. The van der Waals surface area contributed by atoms with Gasteiger partial charge in [-0.25, -0.2) is 0 Å². The fraction of sp³-hybridized carbons (Fsp3) is 0.778. The molecule has 0 aliphatic carbocycles. The molecule has 0 aromatic heterocycles. The lowest BCUT2D eigenvalue weighted by molar-refractivity contribution is -0.136. The Morgan fingerprint density at radius 3 is 2.38 bits per heavy atom. The van der Waals surface area contributed by atoms with Gasteiger partial charge in [0.05, 0.1) is 12.5 Å². The van der Waals surface area contributed by atoms with Gasteiger partial charge in [-0.1, -0.05) is 0 Å².